The summed E-state index contributed by atoms with van der Waals surface area (Å²) in [5.74, 6) is 0.774. The van der Waals surface area contributed by atoms with E-state index in [-0.39, 0.29) is 11.9 Å². The summed E-state index contributed by atoms with van der Waals surface area (Å²) in [4.78, 5) is 11.8. The number of rotatable bonds is 6. The number of nitrogens with one attached hydrogen (secondary N) is 1. The molecule has 2 rings (SSSR count). The van der Waals surface area contributed by atoms with Crippen molar-refractivity contribution >= 4 is 5.91 Å². The first-order valence-corrected chi connectivity index (χ1v) is 6.90. The van der Waals surface area contributed by atoms with Gasteiger partial charge in [0, 0.05) is 25.6 Å². The second kappa shape index (κ2) is 6.36. The van der Waals surface area contributed by atoms with E-state index >= 15 is 0 Å². The second-order valence-corrected chi connectivity index (χ2v) is 5.27. The maximum Gasteiger partial charge on any atom is 0.220 e. The maximum absolute atomic E-state index is 11.8. The van der Waals surface area contributed by atoms with Crippen molar-refractivity contribution in [3.63, 3.8) is 0 Å². The Kier molecular flexibility index (Phi) is 4.80. The van der Waals surface area contributed by atoms with Crippen LogP contribution in [0.1, 0.15) is 44.9 Å². The standard InChI is InChI=1S/C13H24N2O2/c14-9-12(10-4-5-10)15-13(16)7-6-11-3-1-2-8-17-11/h10-12H,1-9,14H2,(H,15,16). The first-order valence-electron chi connectivity index (χ1n) is 6.90. The quantitative estimate of drug-likeness (QED) is 0.733. The maximum atomic E-state index is 11.8. The van der Waals surface area contributed by atoms with Crippen molar-refractivity contribution in [1.29, 1.82) is 0 Å². The van der Waals surface area contributed by atoms with E-state index in [1.165, 1.54) is 25.7 Å². The fraction of sp³-hybridized carbons (Fsp3) is 0.923. The molecular formula is C13H24N2O2. The van der Waals surface area contributed by atoms with Gasteiger partial charge in [-0.3, -0.25) is 4.79 Å². The van der Waals surface area contributed by atoms with Gasteiger partial charge in [-0.15, -0.1) is 0 Å². The highest BCUT2D eigenvalue weighted by Gasteiger charge is 2.31. The predicted octanol–water partition coefficient (Wildman–Crippen LogP) is 1.19. The normalized spacial score (nSPS) is 26.5. The van der Waals surface area contributed by atoms with E-state index in [9.17, 15) is 4.79 Å². The zero-order valence-corrected chi connectivity index (χ0v) is 10.5. The summed E-state index contributed by atoms with van der Waals surface area (Å²) in [6.45, 7) is 1.43. The number of ether oxygens (including phenoxy) is 1. The van der Waals surface area contributed by atoms with E-state index in [0.29, 0.717) is 25.0 Å². The molecule has 0 aromatic rings. The van der Waals surface area contributed by atoms with Crippen LogP contribution in [0.2, 0.25) is 0 Å². The molecule has 17 heavy (non-hydrogen) atoms. The molecule has 0 aromatic carbocycles. The van der Waals surface area contributed by atoms with Gasteiger partial charge in [-0.25, -0.2) is 0 Å². The predicted molar refractivity (Wildman–Crippen MR) is 66.5 cm³/mol. The zero-order chi connectivity index (χ0) is 12.1. The molecule has 1 aliphatic heterocycles. The minimum atomic E-state index is 0.140. The fourth-order valence-corrected chi connectivity index (χ4v) is 2.47. The number of hydrogen-bond donors (Lipinski definition) is 2. The van der Waals surface area contributed by atoms with E-state index in [1.807, 2.05) is 0 Å². The van der Waals surface area contributed by atoms with Crippen molar-refractivity contribution in [2.45, 2.75) is 57.1 Å². The van der Waals surface area contributed by atoms with E-state index in [0.717, 1.165) is 19.4 Å². The van der Waals surface area contributed by atoms with Gasteiger partial charge >= 0.3 is 0 Å². The largest absolute Gasteiger partial charge is 0.378 e. The molecule has 98 valence electrons. The first-order chi connectivity index (χ1) is 8.29. The number of nitrogens with two attached hydrogens (primary N) is 1. The van der Waals surface area contributed by atoms with Gasteiger partial charge in [-0.05, 0) is 44.4 Å². The third-order valence-electron chi connectivity index (χ3n) is 3.76. The molecule has 1 aliphatic carbocycles. The highest BCUT2D eigenvalue weighted by Crippen LogP contribution is 2.32. The third-order valence-corrected chi connectivity index (χ3v) is 3.76. The molecule has 2 aliphatic rings. The highest BCUT2D eigenvalue weighted by atomic mass is 16.5. The second-order valence-electron chi connectivity index (χ2n) is 5.27. The summed E-state index contributed by atoms with van der Waals surface area (Å²) in [5, 5.41) is 3.05. The molecule has 2 atom stereocenters. The van der Waals surface area contributed by atoms with Gasteiger partial charge < -0.3 is 15.8 Å². The van der Waals surface area contributed by atoms with Gasteiger partial charge in [-0.2, -0.15) is 0 Å². The van der Waals surface area contributed by atoms with Crippen molar-refractivity contribution in [1.82, 2.24) is 5.32 Å². The molecule has 1 amide bonds. The van der Waals surface area contributed by atoms with Crippen LogP contribution in [-0.4, -0.2) is 31.2 Å². The Morgan fingerprint density at radius 1 is 1.35 bits per heavy atom. The smallest absolute Gasteiger partial charge is 0.220 e. The van der Waals surface area contributed by atoms with Gasteiger partial charge in [0.1, 0.15) is 0 Å². The molecule has 2 unspecified atom stereocenters. The molecule has 3 N–H and O–H groups in total. The fourth-order valence-electron chi connectivity index (χ4n) is 2.47. The summed E-state index contributed by atoms with van der Waals surface area (Å²) in [5.41, 5.74) is 5.66. The Labute approximate surface area is 103 Å². The highest BCUT2D eigenvalue weighted by molar-refractivity contribution is 5.76. The molecule has 0 radical (unpaired) electrons. The Bertz CT molecular complexity index is 248. The first kappa shape index (κ1) is 12.8. The van der Waals surface area contributed by atoms with Crippen LogP contribution in [0.4, 0.5) is 0 Å². The molecular weight excluding hydrogens is 216 g/mol. The molecule has 4 nitrogen and oxygen atoms in total. The number of carbonyl (C=O) groups excluding carboxylic acids is 1. The molecule has 1 heterocycles. The van der Waals surface area contributed by atoms with Gasteiger partial charge in [0.15, 0.2) is 0 Å². The molecule has 1 saturated heterocycles. The molecule has 4 heteroatoms. The van der Waals surface area contributed by atoms with E-state index in [2.05, 4.69) is 5.32 Å². The summed E-state index contributed by atoms with van der Waals surface area (Å²) >= 11 is 0. The Morgan fingerprint density at radius 2 is 2.18 bits per heavy atom. The van der Waals surface area contributed by atoms with Crippen LogP contribution < -0.4 is 11.1 Å². The van der Waals surface area contributed by atoms with Crippen LogP contribution in [0.3, 0.4) is 0 Å². The lowest BCUT2D eigenvalue weighted by Crippen LogP contribution is -2.42. The van der Waals surface area contributed by atoms with Gasteiger partial charge in [0.25, 0.3) is 0 Å². The van der Waals surface area contributed by atoms with Gasteiger partial charge in [0.2, 0.25) is 5.91 Å². The zero-order valence-electron chi connectivity index (χ0n) is 10.5. The summed E-state index contributed by atoms with van der Waals surface area (Å²) in [7, 11) is 0. The van der Waals surface area contributed by atoms with Crippen LogP contribution >= 0.6 is 0 Å². The molecule has 0 bridgehead atoms. The Balaban J connectivity index is 1.62. The van der Waals surface area contributed by atoms with Crippen LogP contribution in [0.15, 0.2) is 0 Å². The van der Waals surface area contributed by atoms with Gasteiger partial charge in [0.05, 0.1) is 6.10 Å². The van der Waals surface area contributed by atoms with Gasteiger partial charge in [-0.1, -0.05) is 0 Å². The van der Waals surface area contributed by atoms with E-state index in [1.54, 1.807) is 0 Å². The summed E-state index contributed by atoms with van der Waals surface area (Å²) in [6.07, 6.45) is 7.67. The molecule has 0 spiro atoms. The lowest BCUT2D eigenvalue weighted by Gasteiger charge is -2.23. The Morgan fingerprint density at radius 3 is 2.76 bits per heavy atom. The minimum absolute atomic E-state index is 0.140. The van der Waals surface area contributed by atoms with Crippen LogP contribution in [0.25, 0.3) is 0 Å². The van der Waals surface area contributed by atoms with E-state index in [4.69, 9.17) is 10.5 Å². The average molecular weight is 240 g/mol. The lowest BCUT2D eigenvalue weighted by molar-refractivity contribution is -0.122. The van der Waals surface area contributed by atoms with Crippen molar-refractivity contribution in [3.8, 4) is 0 Å². The van der Waals surface area contributed by atoms with Crippen molar-refractivity contribution in [3.05, 3.63) is 0 Å². The topological polar surface area (TPSA) is 64.3 Å². The number of carbonyl (C=O) groups is 1. The van der Waals surface area contributed by atoms with Crippen molar-refractivity contribution < 1.29 is 9.53 Å². The minimum Gasteiger partial charge on any atom is -0.378 e. The third kappa shape index (κ3) is 4.28. The summed E-state index contributed by atoms with van der Waals surface area (Å²) in [6, 6.07) is 0.203. The molecule has 0 aromatic heterocycles. The van der Waals surface area contributed by atoms with Crippen LogP contribution in [-0.2, 0) is 9.53 Å². The molecule has 1 saturated carbocycles. The number of hydrogen-bond acceptors (Lipinski definition) is 3. The molecule has 2 fully saturated rings. The van der Waals surface area contributed by atoms with Crippen molar-refractivity contribution in [2.75, 3.05) is 13.2 Å². The monoisotopic (exact) mass is 240 g/mol. The number of amides is 1. The average Bonchev–Trinajstić information content (AvgIpc) is 3.19. The Hall–Kier alpha value is -0.610. The summed E-state index contributed by atoms with van der Waals surface area (Å²) < 4.78 is 5.61. The van der Waals surface area contributed by atoms with E-state index < -0.39 is 0 Å². The lowest BCUT2D eigenvalue weighted by atomic mass is 10.0. The van der Waals surface area contributed by atoms with Crippen LogP contribution in [0, 0.1) is 5.92 Å². The van der Waals surface area contributed by atoms with Crippen molar-refractivity contribution in [2.24, 2.45) is 11.7 Å². The SMILES string of the molecule is NCC(NC(=O)CCC1CCCCO1)C1CC1. The van der Waals surface area contributed by atoms with Crippen LogP contribution in [0.5, 0.6) is 0 Å².